The van der Waals surface area contributed by atoms with Gasteiger partial charge in [-0.3, -0.25) is 14.9 Å². The summed E-state index contributed by atoms with van der Waals surface area (Å²) >= 11 is 5.84. The second-order valence-electron chi connectivity index (χ2n) is 6.84. The van der Waals surface area contributed by atoms with Crippen molar-refractivity contribution in [2.45, 2.75) is 6.92 Å². The Kier molecular flexibility index (Phi) is 8.74. The molecular weight excluding hydrogens is 478 g/mol. The fourth-order valence-corrected chi connectivity index (χ4v) is 2.91. The molecule has 0 aliphatic rings. The van der Waals surface area contributed by atoms with Gasteiger partial charge in [0, 0.05) is 11.1 Å². The normalized spacial score (nSPS) is 10.6. The fourth-order valence-electron chi connectivity index (χ4n) is 2.79. The summed E-state index contributed by atoms with van der Waals surface area (Å²) in [6.07, 6.45) is 1.36. The van der Waals surface area contributed by atoms with E-state index in [4.69, 9.17) is 25.8 Å². The smallest absolute Gasteiger partial charge is 0.343 e. The maximum Gasteiger partial charge on any atom is 0.343 e. The van der Waals surface area contributed by atoms with Crippen molar-refractivity contribution < 1.29 is 28.7 Å². The van der Waals surface area contributed by atoms with Crippen LogP contribution < -0.4 is 19.6 Å². The Bertz CT molecular complexity index is 1250. The lowest BCUT2D eigenvalue weighted by Crippen LogP contribution is -2.24. The molecule has 10 nitrogen and oxygen atoms in total. The Morgan fingerprint density at radius 2 is 1.77 bits per heavy atom. The van der Waals surface area contributed by atoms with Crippen LogP contribution in [0.5, 0.6) is 17.2 Å². The average molecular weight is 498 g/mol. The molecule has 35 heavy (non-hydrogen) atoms. The molecule has 3 aromatic carbocycles. The van der Waals surface area contributed by atoms with Gasteiger partial charge in [0.1, 0.15) is 0 Å². The van der Waals surface area contributed by atoms with E-state index in [1.165, 1.54) is 24.4 Å². The van der Waals surface area contributed by atoms with E-state index in [1.54, 1.807) is 55.5 Å². The number of hydrazone groups is 1. The van der Waals surface area contributed by atoms with Gasteiger partial charge in [-0.25, -0.2) is 10.2 Å². The number of nitrogens with zero attached hydrogens (tertiary/aromatic N) is 2. The van der Waals surface area contributed by atoms with Crippen LogP contribution in [0.15, 0.2) is 71.8 Å². The zero-order chi connectivity index (χ0) is 25.2. The number of carbonyl (C=O) groups is 2. The standard InChI is InChI=1S/C24H20ClN3O7/c1-2-33-22-13-16(7-12-21(22)35-24(30)17-8-10-18(25)11-9-17)14-26-27-23(29)15-34-20-6-4-3-5-19(20)28(31)32/h3-14H,2,15H2,1H3,(H,27,29)/b26-14-. The molecule has 180 valence electrons. The molecule has 3 aromatic rings. The number of nitro benzene ring substituents is 1. The molecule has 0 saturated carbocycles. The second-order valence-corrected chi connectivity index (χ2v) is 7.28. The Labute approximate surface area is 205 Å². The lowest BCUT2D eigenvalue weighted by atomic mass is 10.2. The molecule has 0 saturated heterocycles. The van der Waals surface area contributed by atoms with Gasteiger partial charge in [0.05, 0.1) is 23.3 Å². The Balaban J connectivity index is 1.60. The van der Waals surface area contributed by atoms with Crippen molar-refractivity contribution in [1.82, 2.24) is 5.43 Å². The molecule has 3 rings (SSSR count). The minimum absolute atomic E-state index is 0.0262. The highest BCUT2D eigenvalue weighted by Gasteiger charge is 2.15. The molecule has 0 aliphatic carbocycles. The van der Waals surface area contributed by atoms with Gasteiger partial charge in [-0.1, -0.05) is 23.7 Å². The van der Waals surface area contributed by atoms with Crippen LogP contribution in [0, 0.1) is 10.1 Å². The summed E-state index contributed by atoms with van der Waals surface area (Å²) < 4.78 is 16.2. The maximum atomic E-state index is 12.4. The second kappa shape index (κ2) is 12.1. The first-order valence-electron chi connectivity index (χ1n) is 10.3. The Hall–Kier alpha value is -4.44. The number of ether oxygens (including phenoxy) is 3. The summed E-state index contributed by atoms with van der Waals surface area (Å²) in [6, 6.07) is 16.7. The van der Waals surface area contributed by atoms with E-state index in [0.29, 0.717) is 28.5 Å². The van der Waals surface area contributed by atoms with Crippen molar-refractivity contribution in [2.75, 3.05) is 13.2 Å². The highest BCUT2D eigenvalue weighted by atomic mass is 35.5. The number of hydrogen-bond donors (Lipinski definition) is 1. The first kappa shape index (κ1) is 25.2. The molecule has 0 bridgehead atoms. The van der Waals surface area contributed by atoms with E-state index in [2.05, 4.69) is 10.5 Å². The van der Waals surface area contributed by atoms with Crippen LogP contribution in [0.2, 0.25) is 5.02 Å². The number of amides is 1. The van der Waals surface area contributed by atoms with E-state index in [-0.39, 0.29) is 17.2 Å². The monoisotopic (exact) mass is 497 g/mol. The number of nitrogens with one attached hydrogen (secondary N) is 1. The number of nitro groups is 1. The molecule has 0 spiro atoms. The van der Waals surface area contributed by atoms with Gasteiger partial charge < -0.3 is 14.2 Å². The van der Waals surface area contributed by atoms with Gasteiger partial charge in [0.15, 0.2) is 23.9 Å². The number of benzene rings is 3. The molecule has 0 heterocycles. The van der Waals surface area contributed by atoms with E-state index >= 15 is 0 Å². The summed E-state index contributed by atoms with van der Waals surface area (Å²) in [6.45, 7) is 1.64. The Morgan fingerprint density at radius 3 is 2.49 bits per heavy atom. The highest BCUT2D eigenvalue weighted by Crippen LogP contribution is 2.29. The van der Waals surface area contributed by atoms with E-state index in [1.807, 2.05) is 0 Å². The summed E-state index contributed by atoms with van der Waals surface area (Å²) in [7, 11) is 0. The average Bonchev–Trinajstić information content (AvgIpc) is 2.85. The zero-order valence-corrected chi connectivity index (χ0v) is 19.2. The van der Waals surface area contributed by atoms with Crippen LogP contribution in [0.25, 0.3) is 0 Å². The van der Waals surface area contributed by atoms with E-state index in [0.717, 1.165) is 0 Å². The van der Waals surface area contributed by atoms with Crippen LogP contribution >= 0.6 is 11.6 Å². The van der Waals surface area contributed by atoms with E-state index < -0.39 is 23.4 Å². The molecule has 11 heteroatoms. The number of para-hydroxylation sites is 2. The van der Waals surface area contributed by atoms with Crippen molar-refractivity contribution in [2.24, 2.45) is 5.10 Å². The third-order valence-corrected chi connectivity index (χ3v) is 4.63. The SMILES string of the molecule is CCOc1cc(/C=N\NC(=O)COc2ccccc2[N+](=O)[O-])ccc1OC(=O)c1ccc(Cl)cc1. The topological polar surface area (TPSA) is 129 Å². The zero-order valence-electron chi connectivity index (χ0n) is 18.5. The molecule has 1 amide bonds. The molecule has 0 aliphatic heterocycles. The lowest BCUT2D eigenvalue weighted by Gasteiger charge is -2.11. The third-order valence-electron chi connectivity index (χ3n) is 4.37. The van der Waals surface area contributed by atoms with Crippen LogP contribution in [0.1, 0.15) is 22.8 Å². The molecule has 0 unspecified atom stereocenters. The largest absolute Gasteiger partial charge is 0.490 e. The predicted molar refractivity (Wildman–Crippen MR) is 128 cm³/mol. The maximum absolute atomic E-state index is 12.4. The quantitative estimate of drug-likeness (QED) is 0.144. The van der Waals surface area contributed by atoms with Crippen molar-refractivity contribution in [1.29, 1.82) is 0 Å². The fraction of sp³-hybridized carbons (Fsp3) is 0.125. The molecule has 0 aromatic heterocycles. The first-order chi connectivity index (χ1) is 16.9. The van der Waals surface area contributed by atoms with Gasteiger partial charge in [0.2, 0.25) is 0 Å². The minimum Gasteiger partial charge on any atom is -0.490 e. The lowest BCUT2D eigenvalue weighted by molar-refractivity contribution is -0.385. The number of hydrogen-bond acceptors (Lipinski definition) is 8. The summed E-state index contributed by atoms with van der Waals surface area (Å²) in [4.78, 5) is 34.8. The predicted octanol–water partition coefficient (Wildman–Crippen LogP) is 4.40. The van der Waals surface area contributed by atoms with Crippen molar-refractivity contribution in [3.8, 4) is 17.2 Å². The first-order valence-corrected chi connectivity index (χ1v) is 10.7. The minimum atomic E-state index is -0.613. The number of esters is 1. The number of halogens is 1. The van der Waals surface area contributed by atoms with Crippen LogP contribution in [0.3, 0.4) is 0 Å². The van der Waals surface area contributed by atoms with Crippen LogP contribution in [0.4, 0.5) is 5.69 Å². The number of rotatable bonds is 10. The van der Waals surface area contributed by atoms with Gasteiger partial charge in [-0.15, -0.1) is 0 Å². The number of carbonyl (C=O) groups excluding carboxylic acids is 2. The summed E-state index contributed by atoms with van der Waals surface area (Å²) in [5.74, 6) is -0.690. The van der Waals surface area contributed by atoms with E-state index in [9.17, 15) is 19.7 Å². The van der Waals surface area contributed by atoms with Crippen molar-refractivity contribution in [3.05, 3.63) is 93.0 Å². The van der Waals surface area contributed by atoms with Crippen LogP contribution in [-0.4, -0.2) is 36.2 Å². The summed E-state index contributed by atoms with van der Waals surface area (Å²) in [5, 5.41) is 15.3. The van der Waals surface area contributed by atoms with Crippen molar-refractivity contribution in [3.63, 3.8) is 0 Å². The summed E-state index contributed by atoms with van der Waals surface area (Å²) in [5.41, 5.74) is 2.91. The molecule has 0 atom stereocenters. The van der Waals surface area contributed by atoms with Crippen molar-refractivity contribution >= 4 is 35.4 Å². The van der Waals surface area contributed by atoms with Crippen LogP contribution in [-0.2, 0) is 4.79 Å². The molecule has 0 radical (unpaired) electrons. The third kappa shape index (κ3) is 7.27. The Morgan fingerprint density at radius 1 is 1.03 bits per heavy atom. The molecular formula is C24H20ClN3O7. The highest BCUT2D eigenvalue weighted by molar-refractivity contribution is 6.30. The van der Waals surface area contributed by atoms with Gasteiger partial charge in [-0.2, -0.15) is 5.10 Å². The molecule has 0 fully saturated rings. The van der Waals surface area contributed by atoms with Gasteiger partial charge in [0.25, 0.3) is 5.91 Å². The molecule has 1 N–H and O–H groups in total. The van der Waals surface area contributed by atoms with Gasteiger partial charge in [-0.05, 0) is 61.0 Å². The van der Waals surface area contributed by atoms with Gasteiger partial charge >= 0.3 is 11.7 Å².